The smallest absolute Gasteiger partial charge is 0.0471 e. The molecule has 0 fully saturated rings. The van der Waals surface area contributed by atoms with E-state index in [1.54, 1.807) is 0 Å². The highest BCUT2D eigenvalue weighted by molar-refractivity contribution is 6.23. The van der Waals surface area contributed by atoms with Crippen molar-refractivity contribution in [3.8, 4) is 22.3 Å². The van der Waals surface area contributed by atoms with E-state index in [4.69, 9.17) is 0 Å². The van der Waals surface area contributed by atoms with E-state index in [0.29, 0.717) is 0 Å². The molecule has 2 aromatic heterocycles. The fourth-order valence-corrected chi connectivity index (χ4v) is 4.35. The van der Waals surface area contributed by atoms with Crippen LogP contribution in [0, 0.1) is 0 Å². The topological polar surface area (TPSA) is 28.7 Å². The number of nitrogens with one attached hydrogen (secondary N) is 1. The minimum absolute atomic E-state index is 1.18. The average Bonchev–Trinajstić information content (AvgIpc) is 3.18. The molecular formula is C27H18N2. The summed E-state index contributed by atoms with van der Waals surface area (Å²) in [6.45, 7) is 0. The first-order valence-electron chi connectivity index (χ1n) is 9.81. The van der Waals surface area contributed by atoms with Gasteiger partial charge in [0.25, 0.3) is 0 Å². The molecule has 29 heavy (non-hydrogen) atoms. The summed E-state index contributed by atoms with van der Waals surface area (Å²) in [6, 6.07) is 32.4. The number of hydrogen-bond donors (Lipinski definition) is 1. The number of nitrogens with zero attached hydrogens (tertiary/aromatic N) is 1. The van der Waals surface area contributed by atoms with Crippen LogP contribution in [0.5, 0.6) is 0 Å². The van der Waals surface area contributed by atoms with Crippen molar-refractivity contribution >= 4 is 32.6 Å². The maximum atomic E-state index is 4.12. The Hall–Kier alpha value is -3.91. The predicted octanol–water partition coefficient (Wildman–Crippen LogP) is 7.20. The molecule has 0 spiro atoms. The third-order valence-corrected chi connectivity index (χ3v) is 5.72. The number of hydrogen-bond acceptors (Lipinski definition) is 1. The standard InChI is InChI=1S/C27H18N2/c1-2-7-24-23(5-1)27-25(29-24)13-12-21-4-3-6-22(26(21)27)20-10-8-18(9-11-20)19-14-16-28-17-15-19/h1-17,29H. The molecule has 0 unspecified atom stereocenters. The quantitative estimate of drug-likeness (QED) is 0.343. The molecule has 0 amide bonds. The molecule has 6 rings (SSSR count). The molecule has 0 aliphatic heterocycles. The van der Waals surface area contributed by atoms with Gasteiger partial charge in [-0.05, 0) is 57.3 Å². The fourth-order valence-electron chi connectivity index (χ4n) is 4.35. The van der Waals surface area contributed by atoms with Gasteiger partial charge in [0, 0.05) is 34.2 Å². The fraction of sp³-hybridized carbons (Fsp3) is 0. The minimum atomic E-state index is 1.18. The number of aromatic amines is 1. The molecule has 0 atom stereocenters. The molecule has 4 aromatic carbocycles. The number of benzene rings is 4. The molecule has 0 aliphatic carbocycles. The number of H-pyrrole nitrogens is 1. The van der Waals surface area contributed by atoms with E-state index >= 15 is 0 Å². The Morgan fingerprint density at radius 3 is 2.14 bits per heavy atom. The molecule has 0 aliphatic rings. The second-order valence-corrected chi connectivity index (χ2v) is 7.38. The largest absolute Gasteiger partial charge is 0.354 e. The van der Waals surface area contributed by atoms with Gasteiger partial charge in [0.2, 0.25) is 0 Å². The SMILES string of the molecule is c1cc(-c2ccc(-c3ccncc3)cc2)c2c(c1)ccc1[nH]c3ccccc3c12. The van der Waals surface area contributed by atoms with Gasteiger partial charge in [0.05, 0.1) is 0 Å². The Labute approximate surface area is 168 Å². The van der Waals surface area contributed by atoms with E-state index in [1.165, 1.54) is 54.8 Å². The molecule has 2 nitrogen and oxygen atoms in total. The second-order valence-electron chi connectivity index (χ2n) is 7.38. The normalized spacial score (nSPS) is 11.4. The average molecular weight is 370 g/mol. The van der Waals surface area contributed by atoms with Crippen molar-refractivity contribution in [3.05, 3.63) is 103 Å². The summed E-state index contributed by atoms with van der Waals surface area (Å²) in [5, 5.41) is 5.14. The van der Waals surface area contributed by atoms with Crippen LogP contribution in [-0.2, 0) is 0 Å². The molecule has 0 radical (unpaired) electrons. The lowest BCUT2D eigenvalue weighted by atomic mass is 9.93. The summed E-state index contributed by atoms with van der Waals surface area (Å²) in [4.78, 5) is 7.69. The maximum Gasteiger partial charge on any atom is 0.0471 e. The zero-order valence-corrected chi connectivity index (χ0v) is 15.8. The van der Waals surface area contributed by atoms with Crippen molar-refractivity contribution in [2.45, 2.75) is 0 Å². The second kappa shape index (κ2) is 6.32. The number of rotatable bonds is 2. The summed E-state index contributed by atoms with van der Waals surface area (Å²) in [6.07, 6.45) is 3.67. The molecule has 6 aromatic rings. The van der Waals surface area contributed by atoms with Gasteiger partial charge in [-0.3, -0.25) is 4.98 Å². The lowest BCUT2D eigenvalue weighted by Crippen LogP contribution is -1.84. The summed E-state index contributed by atoms with van der Waals surface area (Å²) < 4.78 is 0. The van der Waals surface area contributed by atoms with E-state index in [1.807, 2.05) is 24.5 Å². The Kier molecular flexibility index (Phi) is 3.50. The zero-order chi connectivity index (χ0) is 19.2. The molecule has 2 heterocycles. The van der Waals surface area contributed by atoms with Crippen molar-refractivity contribution in [1.82, 2.24) is 9.97 Å². The van der Waals surface area contributed by atoms with Gasteiger partial charge < -0.3 is 4.98 Å². The highest BCUT2D eigenvalue weighted by atomic mass is 14.7. The zero-order valence-electron chi connectivity index (χ0n) is 15.8. The van der Waals surface area contributed by atoms with Crippen molar-refractivity contribution in [2.24, 2.45) is 0 Å². The highest BCUT2D eigenvalue weighted by Gasteiger charge is 2.12. The Morgan fingerprint density at radius 1 is 0.517 bits per heavy atom. The summed E-state index contributed by atoms with van der Waals surface area (Å²) in [5.41, 5.74) is 7.24. The lowest BCUT2D eigenvalue weighted by molar-refractivity contribution is 1.33. The first-order valence-corrected chi connectivity index (χ1v) is 9.81. The molecule has 136 valence electrons. The van der Waals surface area contributed by atoms with Gasteiger partial charge in [-0.25, -0.2) is 0 Å². The van der Waals surface area contributed by atoms with Crippen molar-refractivity contribution in [2.75, 3.05) is 0 Å². The first kappa shape index (κ1) is 16.1. The number of aromatic nitrogens is 2. The first-order chi connectivity index (χ1) is 14.4. The van der Waals surface area contributed by atoms with Gasteiger partial charge in [0.15, 0.2) is 0 Å². The van der Waals surface area contributed by atoms with E-state index in [0.717, 1.165) is 0 Å². The van der Waals surface area contributed by atoms with Crippen molar-refractivity contribution in [3.63, 3.8) is 0 Å². The summed E-state index contributed by atoms with van der Waals surface area (Å²) >= 11 is 0. The predicted molar refractivity (Wildman–Crippen MR) is 122 cm³/mol. The van der Waals surface area contributed by atoms with E-state index in [9.17, 15) is 0 Å². The Balaban J connectivity index is 1.61. The molecule has 0 saturated heterocycles. The number of para-hydroxylation sites is 1. The van der Waals surface area contributed by atoms with Crippen LogP contribution in [-0.4, -0.2) is 9.97 Å². The van der Waals surface area contributed by atoms with E-state index in [-0.39, 0.29) is 0 Å². The van der Waals surface area contributed by atoms with Crippen LogP contribution in [0.15, 0.2) is 103 Å². The monoisotopic (exact) mass is 370 g/mol. The minimum Gasteiger partial charge on any atom is -0.354 e. The van der Waals surface area contributed by atoms with Crippen LogP contribution < -0.4 is 0 Å². The molecular weight excluding hydrogens is 352 g/mol. The number of pyridine rings is 1. The van der Waals surface area contributed by atoms with E-state index in [2.05, 4.69) is 88.8 Å². The Morgan fingerprint density at radius 2 is 1.28 bits per heavy atom. The number of fused-ring (bicyclic) bond motifs is 5. The third-order valence-electron chi connectivity index (χ3n) is 5.72. The van der Waals surface area contributed by atoms with Crippen molar-refractivity contribution in [1.29, 1.82) is 0 Å². The van der Waals surface area contributed by atoms with Crippen LogP contribution in [0.1, 0.15) is 0 Å². The van der Waals surface area contributed by atoms with E-state index < -0.39 is 0 Å². The summed E-state index contributed by atoms with van der Waals surface area (Å²) in [7, 11) is 0. The van der Waals surface area contributed by atoms with Crippen LogP contribution in [0.4, 0.5) is 0 Å². The summed E-state index contributed by atoms with van der Waals surface area (Å²) in [5.74, 6) is 0. The van der Waals surface area contributed by atoms with Gasteiger partial charge in [0.1, 0.15) is 0 Å². The van der Waals surface area contributed by atoms with Gasteiger partial charge >= 0.3 is 0 Å². The Bertz CT molecular complexity index is 1480. The third kappa shape index (κ3) is 2.54. The molecule has 0 saturated carbocycles. The van der Waals surface area contributed by atoms with Crippen LogP contribution in [0.3, 0.4) is 0 Å². The van der Waals surface area contributed by atoms with Crippen LogP contribution in [0.25, 0.3) is 54.8 Å². The molecule has 2 heteroatoms. The molecule has 1 N–H and O–H groups in total. The molecule has 0 bridgehead atoms. The van der Waals surface area contributed by atoms with Crippen LogP contribution >= 0.6 is 0 Å². The van der Waals surface area contributed by atoms with Gasteiger partial charge in [-0.1, -0.05) is 66.7 Å². The van der Waals surface area contributed by atoms with Crippen LogP contribution in [0.2, 0.25) is 0 Å². The highest BCUT2D eigenvalue weighted by Crippen LogP contribution is 2.38. The lowest BCUT2D eigenvalue weighted by Gasteiger charge is -2.10. The maximum absolute atomic E-state index is 4.12. The van der Waals surface area contributed by atoms with Crippen molar-refractivity contribution < 1.29 is 0 Å². The van der Waals surface area contributed by atoms with Gasteiger partial charge in [-0.2, -0.15) is 0 Å². The van der Waals surface area contributed by atoms with Gasteiger partial charge in [-0.15, -0.1) is 0 Å².